The molecule has 0 saturated carbocycles. The lowest BCUT2D eigenvalue weighted by molar-refractivity contribution is 1.00. The van der Waals surface area contributed by atoms with Gasteiger partial charge < -0.3 is 10.7 Å². The average Bonchev–Trinajstić information content (AvgIpc) is 2.82. The molecule has 5 heteroatoms. The van der Waals surface area contributed by atoms with E-state index in [1.165, 1.54) is 11.1 Å². The van der Waals surface area contributed by atoms with Crippen molar-refractivity contribution in [3.8, 4) is 0 Å². The number of aromatic amines is 1. The van der Waals surface area contributed by atoms with E-state index in [1.807, 2.05) is 0 Å². The molecule has 0 unspecified atom stereocenters. The summed E-state index contributed by atoms with van der Waals surface area (Å²) in [4.78, 5) is 7.86. The van der Waals surface area contributed by atoms with Gasteiger partial charge in [0, 0.05) is 6.54 Å². The summed E-state index contributed by atoms with van der Waals surface area (Å²) in [5, 5.41) is 0. The number of aromatic nitrogens is 3. The van der Waals surface area contributed by atoms with E-state index in [2.05, 4.69) is 56.3 Å². The van der Waals surface area contributed by atoms with Gasteiger partial charge in [-0.2, -0.15) is 0 Å². The third-order valence-corrected chi connectivity index (χ3v) is 4.10. The predicted octanol–water partition coefficient (Wildman–Crippen LogP) is 2.65. The van der Waals surface area contributed by atoms with E-state index in [0.29, 0.717) is 6.54 Å². The fraction of sp³-hybridized carbons (Fsp3) is 0.250. The first-order valence-corrected chi connectivity index (χ1v) is 6.27. The number of nitrogens with one attached hydrogen (secondary N) is 1. The second-order valence-electron chi connectivity index (χ2n) is 4.24. The molecule has 2 aromatic heterocycles. The number of fused-ring (bicyclic) bond motifs is 3. The highest BCUT2D eigenvalue weighted by molar-refractivity contribution is 9.10. The molecule has 2 heterocycles. The van der Waals surface area contributed by atoms with Crippen LogP contribution in [0.3, 0.4) is 0 Å². The molecular formula is C12H13BrN4. The Morgan fingerprint density at radius 2 is 2.18 bits per heavy atom. The SMILES string of the molecule is Cc1ccc2c(nc3[nH]c(CN)c(Br)n32)c1C. The van der Waals surface area contributed by atoms with Gasteiger partial charge in [0.15, 0.2) is 0 Å². The molecule has 0 aliphatic rings. The van der Waals surface area contributed by atoms with Gasteiger partial charge in [-0.25, -0.2) is 4.98 Å². The van der Waals surface area contributed by atoms with E-state index in [9.17, 15) is 0 Å². The second kappa shape index (κ2) is 3.58. The molecule has 0 fully saturated rings. The maximum Gasteiger partial charge on any atom is 0.213 e. The molecule has 3 rings (SSSR count). The van der Waals surface area contributed by atoms with Crippen molar-refractivity contribution in [2.24, 2.45) is 5.73 Å². The van der Waals surface area contributed by atoms with E-state index in [4.69, 9.17) is 5.73 Å². The average molecular weight is 293 g/mol. The number of hydrogen-bond donors (Lipinski definition) is 2. The predicted molar refractivity (Wildman–Crippen MR) is 72.1 cm³/mol. The molecule has 88 valence electrons. The molecule has 0 aliphatic carbocycles. The van der Waals surface area contributed by atoms with Crippen LogP contribution in [0.2, 0.25) is 0 Å². The number of H-pyrrole nitrogens is 1. The van der Waals surface area contributed by atoms with Crippen molar-refractivity contribution < 1.29 is 0 Å². The van der Waals surface area contributed by atoms with Gasteiger partial charge in [-0.15, -0.1) is 0 Å². The zero-order chi connectivity index (χ0) is 12.2. The molecule has 3 aromatic rings. The second-order valence-corrected chi connectivity index (χ2v) is 5.00. The van der Waals surface area contributed by atoms with E-state index < -0.39 is 0 Å². The fourth-order valence-corrected chi connectivity index (χ4v) is 2.74. The molecular weight excluding hydrogens is 280 g/mol. The van der Waals surface area contributed by atoms with Crippen molar-refractivity contribution in [1.82, 2.24) is 14.4 Å². The van der Waals surface area contributed by atoms with Crippen LogP contribution >= 0.6 is 15.9 Å². The van der Waals surface area contributed by atoms with Gasteiger partial charge in [-0.05, 0) is 47.0 Å². The smallest absolute Gasteiger partial charge is 0.213 e. The van der Waals surface area contributed by atoms with Crippen molar-refractivity contribution in [1.29, 1.82) is 0 Å². The Morgan fingerprint density at radius 1 is 1.41 bits per heavy atom. The normalized spacial score (nSPS) is 11.8. The van der Waals surface area contributed by atoms with E-state index in [1.54, 1.807) is 0 Å². The number of nitrogens with two attached hydrogens (primary N) is 1. The molecule has 17 heavy (non-hydrogen) atoms. The first-order chi connectivity index (χ1) is 8.13. The number of hydrogen-bond acceptors (Lipinski definition) is 2. The molecule has 4 nitrogen and oxygen atoms in total. The molecule has 0 radical (unpaired) electrons. The van der Waals surface area contributed by atoms with E-state index in [-0.39, 0.29) is 0 Å². The summed E-state index contributed by atoms with van der Waals surface area (Å²) in [6.45, 7) is 4.67. The first kappa shape index (κ1) is 10.8. The summed E-state index contributed by atoms with van der Waals surface area (Å²) >= 11 is 3.57. The molecule has 0 aliphatic heterocycles. The third-order valence-electron chi connectivity index (χ3n) is 3.26. The highest BCUT2D eigenvalue weighted by Crippen LogP contribution is 2.27. The monoisotopic (exact) mass is 292 g/mol. The molecule has 1 aromatic carbocycles. The van der Waals surface area contributed by atoms with Gasteiger partial charge in [0.2, 0.25) is 5.78 Å². The standard InChI is InChI=1S/C12H13BrN4/c1-6-3-4-9-10(7(6)2)16-12-15-8(5-14)11(13)17(9)12/h3-4H,5,14H2,1-2H3,(H,15,16). The highest BCUT2D eigenvalue weighted by Gasteiger charge is 2.14. The van der Waals surface area contributed by atoms with Gasteiger partial charge in [-0.1, -0.05) is 6.07 Å². The summed E-state index contributed by atoms with van der Waals surface area (Å²) in [6, 6.07) is 4.21. The zero-order valence-electron chi connectivity index (χ0n) is 9.71. The van der Waals surface area contributed by atoms with Crippen molar-refractivity contribution in [3.05, 3.63) is 33.6 Å². The number of imidazole rings is 2. The lowest BCUT2D eigenvalue weighted by atomic mass is 10.1. The molecule has 0 spiro atoms. The van der Waals surface area contributed by atoms with Crippen LogP contribution in [-0.2, 0) is 6.54 Å². The Labute approximate surface area is 107 Å². The van der Waals surface area contributed by atoms with Crippen molar-refractivity contribution in [3.63, 3.8) is 0 Å². The lowest BCUT2D eigenvalue weighted by Crippen LogP contribution is -1.97. The minimum atomic E-state index is 0.469. The summed E-state index contributed by atoms with van der Waals surface area (Å²) < 4.78 is 3.02. The Kier molecular flexibility index (Phi) is 2.27. The van der Waals surface area contributed by atoms with Gasteiger partial charge >= 0.3 is 0 Å². The Bertz CT molecular complexity index is 723. The van der Waals surface area contributed by atoms with Crippen LogP contribution in [0.4, 0.5) is 0 Å². The maximum atomic E-state index is 5.67. The molecule has 0 amide bonds. The summed E-state index contributed by atoms with van der Waals surface area (Å²) in [5.41, 5.74) is 11.3. The van der Waals surface area contributed by atoms with Gasteiger partial charge in [0.25, 0.3) is 0 Å². The number of halogens is 1. The number of benzene rings is 1. The fourth-order valence-electron chi connectivity index (χ4n) is 2.12. The van der Waals surface area contributed by atoms with Crippen LogP contribution in [-0.4, -0.2) is 14.4 Å². The Balaban J connectivity index is 2.50. The van der Waals surface area contributed by atoms with Crippen LogP contribution in [0, 0.1) is 13.8 Å². The number of rotatable bonds is 1. The van der Waals surface area contributed by atoms with Crippen molar-refractivity contribution in [2.45, 2.75) is 20.4 Å². The minimum Gasteiger partial charge on any atom is -0.325 e. The Morgan fingerprint density at radius 3 is 2.88 bits per heavy atom. The van der Waals surface area contributed by atoms with Crippen LogP contribution in [0.15, 0.2) is 16.7 Å². The van der Waals surface area contributed by atoms with Gasteiger partial charge in [-0.3, -0.25) is 4.40 Å². The summed E-state index contributed by atoms with van der Waals surface area (Å²) in [7, 11) is 0. The third kappa shape index (κ3) is 1.36. The molecule has 0 bridgehead atoms. The topological polar surface area (TPSA) is 59.1 Å². The van der Waals surface area contributed by atoms with Gasteiger partial charge in [0.1, 0.15) is 4.60 Å². The number of aryl methyl sites for hydroxylation is 2. The van der Waals surface area contributed by atoms with E-state index >= 15 is 0 Å². The van der Waals surface area contributed by atoms with Crippen molar-refractivity contribution >= 4 is 32.7 Å². The van der Waals surface area contributed by atoms with Crippen LogP contribution in [0.5, 0.6) is 0 Å². The minimum absolute atomic E-state index is 0.469. The highest BCUT2D eigenvalue weighted by atomic mass is 79.9. The van der Waals surface area contributed by atoms with Crippen LogP contribution in [0.1, 0.15) is 16.8 Å². The molecule has 0 saturated heterocycles. The largest absolute Gasteiger partial charge is 0.325 e. The first-order valence-electron chi connectivity index (χ1n) is 5.48. The molecule has 0 atom stereocenters. The van der Waals surface area contributed by atoms with Crippen molar-refractivity contribution in [2.75, 3.05) is 0 Å². The van der Waals surface area contributed by atoms with Gasteiger partial charge in [0.05, 0.1) is 16.7 Å². The van der Waals surface area contributed by atoms with Crippen LogP contribution < -0.4 is 5.73 Å². The number of nitrogens with zero attached hydrogens (tertiary/aromatic N) is 2. The summed E-state index contributed by atoms with van der Waals surface area (Å²) in [5.74, 6) is 0.834. The quantitative estimate of drug-likeness (QED) is 0.724. The van der Waals surface area contributed by atoms with Crippen LogP contribution in [0.25, 0.3) is 16.8 Å². The molecule has 3 N–H and O–H groups in total. The zero-order valence-corrected chi connectivity index (χ0v) is 11.3. The summed E-state index contributed by atoms with van der Waals surface area (Å²) in [6.07, 6.45) is 0. The lowest BCUT2D eigenvalue weighted by Gasteiger charge is -2.00. The maximum absolute atomic E-state index is 5.67. The van der Waals surface area contributed by atoms with E-state index in [0.717, 1.165) is 27.1 Å². The Hall–Kier alpha value is -1.33.